The van der Waals surface area contributed by atoms with Crippen LogP contribution >= 0.6 is 11.6 Å². The van der Waals surface area contributed by atoms with E-state index in [-0.39, 0.29) is 6.54 Å². The number of hydrogen-bond acceptors (Lipinski definition) is 7. The van der Waals surface area contributed by atoms with Gasteiger partial charge in [0, 0.05) is 23.4 Å². The zero-order chi connectivity index (χ0) is 14.7. The molecule has 0 unspecified atom stereocenters. The molecule has 0 aliphatic rings. The summed E-state index contributed by atoms with van der Waals surface area (Å²) in [6, 6.07) is 7.23. The molecule has 0 saturated carbocycles. The van der Waals surface area contributed by atoms with Crippen LogP contribution in [0.4, 0.5) is 0 Å². The second-order valence-electron chi connectivity index (χ2n) is 4.33. The van der Waals surface area contributed by atoms with Crippen molar-refractivity contribution in [2.24, 2.45) is 5.73 Å². The highest BCUT2D eigenvalue weighted by molar-refractivity contribution is 6.30. The van der Waals surface area contributed by atoms with Gasteiger partial charge >= 0.3 is 0 Å². The second-order valence-corrected chi connectivity index (χ2v) is 4.76. The molecule has 21 heavy (non-hydrogen) atoms. The number of nitrogens with zero attached hydrogens (tertiary/aromatic N) is 4. The monoisotopic (exact) mass is 305 g/mol. The van der Waals surface area contributed by atoms with Gasteiger partial charge in [-0.25, -0.2) is 0 Å². The van der Waals surface area contributed by atoms with Crippen LogP contribution in [-0.4, -0.2) is 20.3 Å². The van der Waals surface area contributed by atoms with Gasteiger partial charge in [-0.2, -0.15) is 9.97 Å². The Morgan fingerprint density at radius 2 is 1.62 bits per heavy atom. The van der Waals surface area contributed by atoms with Crippen molar-refractivity contribution in [3.63, 3.8) is 0 Å². The van der Waals surface area contributed by atoms with E-state index < -0.39 is 0 Å². The van der Waals surface area contributed by atoms with Crippen LogP contribution in [0.2, 0.25) is 5.02 Å². The van der Waals surface area contributed by atoms with E-state index in [2.05, 4.69) is 20.3 Å². The number of hydrogen-bond donors (Lipinski definition) is 1. The van der Waals surface area contributed by atoms with Crippen LogP contribution in [0.5, 0.6) is 0 Å². The number of halogens is 1. The van der Waals surface area contributed by atoms with Gasteiger partial charge in [0.2, 0.25) is 17.6 Å². The molecule has 2 N–H and O–H groups in total. The van der Waals surface area contributed by atoms with Crippen molar-refractivity contribution in [1.29, 1.82) is 0 Å². The minimum Gasteiger partial charge on any atom is -0.339 e. The Balaban J connectivity index is 1.66. The van der Waals surface area contributed by atoms with Gasteiger partial charge in [0.25, 0.3) is 0 Å². The molecule has 108 valence electrons. The lowest BCUT2D eigenvalue weighted by Crippen LogP contribution is -1.98. The fraction of sp³-hybridized carbons (Fsp3) is 0.231. The summed E-state index contributed by atoms with van der Waals surface area (Å²) < 4.78 is 10.2. The predicted octanol–water partition coefficient (Wildman–Crippen LogP) is 2.02. The van der Waals surface area contributed by atoms with E-state index in [4.69, 9.17) is 26.4 Å². The molecule has 3 rings (SSSR count). The minimum atomic E-state index is 0.255. The molecule has 0 amide bonds. The van der Waals surface area contributed by atoms with Crippen LogP contribution in [0.15, 0.2) is 33.3 Å². The first-order chi connectivity index (χ1) is 10.2. The van der Waals surface area contributed by atoms with Crippen LogP contribution in [-0.2, 0) is 19.4 Å². The first-order valence-electron chi connectivity index (χ1n) is 6.34. The number of rotatable bonds is 5. The molecular formula is C13H12ClN5O2. The van der Waals surface area contributed by atoms with Gasteiger partial charge in [0.05, 0.1) is 6.54 Å². The molecule has 7 nitrogen and oxygen atoms in total. The van der Waals surface area contributed by atoms with Gasteiger partial charge in [-0.05, 0) is 24.3 Å². The van der Waals surface area contributed by atoms with E-state index in [1.165, 1.54) is 0 Å². The molecule has 2 heterocycles. The van der Waals surface area contributed by atoms with Crippen molar-refractivity contribution < 1.29 is 9.05 Å². The number of aryl methyl sites for hydroxylation is 2. The Morgan fingerprint density at radius 1 is 0.952 bits per heavy atom. The molecule has 2 aromatic heterocycles. The van der Waals surface area contributed by atoms with Gasteiger partial charge in [0.15, 0.2) is 5.82 Å². The van der Waals surface area contributed by atoms with Crippen molar-refractivity contribution in [3.8, 4) is 11.4 Å². The summed E-state index contributed by atoms with van der Waals surface area (Å²) in [6.07, 6.45) is 1.04. The molecular weight excluding hydrogens is 294 g/mol. The Labute approximate surface area is 125 Å². The fourth-order valence-electron chi connectivity index (χ4n) is 1.76. The summed E-state index contributed by atoms with van der Waals surface area (Å²) in [5.74, 6) is 2.02. The van der Waals surface area contributed by atoms with Gasteiger partial charge in [-0.1, -0.05) is 21.9 Å². The van der Waals surface area contributed by atoms with E-state index in [0.717, 1.165) is 5.56 Å². The van der Waals surface area contributed by atoms with Crippen LogP contribution in [0, 0.1) is 0 Å². The highest BCUT2D eigenvalue weighted by Crippen LogP contribution is 2.19. The van der Waals surface area contributed by atoms with Crippen LogP contribution < -0.4 is 5.73 Å². The molecule has 0 aliphatic carbocycles. The van der Waals surface area contributed by atoms with E-state index in [1.54, 1.807) is 12.1 Å². The third-order valence-electron chi connectivity index (χ3n) is 2.82. The smallest absolute Gasteiger partial charge is 0.227 e. The lowest BCUT2D eigenvalue weighted by Gasteiger charge is -1.93. The van der Waals surface area contributed by atoms with E-state index in [9.17, 15) is 0 Å². The average Bonchev–Trinajstić information content (AvgIpc) is 3.15. The number of aromatic nitrogens is 4. The molecule has 0 spiro atoms. The Bertz CT molecular complexity index is 722. The van der Waals surface area contributed by atoms with Crippen LogP contribution in [0.25, 0.3) is 11.4 Å². The molecule has 8 heteroatoms. The van der Waals surface area contributed by atoms with Gasteiger partial charge in [-0.15, -0.1) is 0 Å². The lowest BCUT2D eigenvalue weighted by molar-refractivity contribution is 0.352. The summed E-state index contributed by atoms with van der Waals surface area (Å²) in [5.41, 5.74) is 6.26. The first-order valence-corrected chi connectivity index (χ1v) is 6.72. The summed E-state index contributed by atoms with van der Waals surface area (Å²) in [6.45, 7) is 0.255. The van der Waals surface area contributed by atoms with Crippen molar-refractivity contribution >= 4 is 11.6 Å². The summed E-state index contributed by atoms with van der Waals surface area (Å²) >= 11 is 5.84. The van der Waals surface area contributed by atoms with Crippen molar-refractivity contribution in [1.82, 2.24) is 20.3 Å². The van der Waals surface area contributed by atoms with E-state index >= 15 is 0 Å². The SMILES string of the molecule is NCc1noc(CCc2nc(-c3ccc(Cl)cc3)no2)n1. The molecule has 0 bridgehead atoms. The number of benzene rings is 1. The fourth-order valence-corrected chi connectivity index (χ4v) is 1.89. The maximum Gasteiger partial charge on any atom is 0.227 e. The van der Waals surface area contributed by atoms with Gasteiger partial charge < -0.3 is 14.8 Å². The van der Waals surface area contributed by atoms with Crippen molar-refractivity contribution in [2.45, 2.75) is 19.4 Å². The molecule has 0 aliphatic heterocycles. The lowest BCUT2D eigenvalue weighted by atomic mass is 10.2. The summed E-state index contributed by atoms with van der Waals surface area (Å²) in [7, 11) is 0. The predicted molar refractivity (Wildman–Crippen MR) is 74.3 cm³/mol. The average molecular weight is 306 g/mol. The summed E-state index contributed by atoms with van der Waals surface area (Å²) in [4.78, 5) is 8.43. The maximum absolute atomic E-state index is 5.84. The molecule has 0 saturated heterocycles. The van der Waals surface area contributed by atoms with Gasteiger partial charge in [-0.3, -0.25) is 0 Å². The highest BCUT2D eigenvalue weighted by Gasteiger charge is 2.11. The first kappa shape index (κ1) is 13.7. The third-order valence-corrected chi connectivity index (χ3v) is 3.07. The largest absolute Gasteiger partial charge is 0.339 e. The zero-order valence-electron chi connectivity index (χ0n) is 11.0. The van der Waals surface area contributed by atoms with Crippen LogP contribution in [0.3, 0.4) is 0 Å². The molecule has 0 radical (unpaired) electrons. The standard InChI is InChI=1S/C13H12ClN5O2/c14-9-3-1-8(2-4-9)13-17-12(21-19-13)6-5-11-16-10(7-15)18-20-11/h1-4H,5-7,15H2. The van der Waals surface area contributed by atoms with Crippen molar-refractivity contribution in [3.05, 3.63) is 46.9 Å². The topological polar surface area (TPSA) is 104 Å². The van der Waals surface area contributed by atoms with E-state index in [1.807, 2.05) is 12.1 Å². The zero-order valence-corrected chi connectivity index (χ0v) is 11.7. The van der Waals surface area contributed by atoms with E-state index in [0.29, 0.717) is 41.3 Å². The Hall–Kier alpha value is -2.25. The molecule has 0 atom stereocenters. The number of nitrogens with two attached hydrogens (primary N) is 1. The Kier molecular flexibility index (Phi) is 3.94. The maximum atomic E-state index is 5.84. The molecule has 0 fully saturated rings. The molecule has 3 aromatic rings. The third kappa shape index (κ3) is 3.26. The quantitative estimate of drug-likeness (QED) is 0.768. The Morgan fingerprint density at radius 3 is 2.29 bits per heavy atom. The second kappa shape index (κ2) is 6.02. The normalized spacial score (nSPS) is 11.0. The minimum absolute atomic E-state index is 0.255. The van der Waals surface area contributed by atoms with Crippen LogP contribution in [0.1, 0.15) is 17.6 Å². The highest BCUT2D eigenvalue weighted by atomic mass is 35.5. The summed E-state index contributed by atoms with van der Waals surface area (Å²) in [5, 5.41) is 8.31. The van der Waals surface area contributed by atoms with Gasteiger partial charge in [0.1, 0.15) is 0 Å². The van der Waals surface area contributed by atoms with Crippen molar-refractivity contribution in [2.75, 3.05) is 0 Å². The molecule has 1 aromatic carbocycles.